The molecule has 0 aliphatic carbocycles. The first-order valence-corrected chi connectivity index (χ1v) is 13.2. The minimum absolute atomic E-state index is 0.0259. The SMILES string of the molecule is CC(O)C(NC(=O)C(Cc1ccc(O)cc1)NC(=O)C(CCCN=C(N)N)NC(=O)C(N)CCCN=C(N)N)C(=O)O. The van der Waals surface area contributed by atoms with Crippen molar-refractivity contribution in [1.82, 2.24) is 16.0 Å². The summed E-state index contributed by atoms with van der Waals surface area (Å²) in [5.74, 6) is -4.05. The van der Waals surface area contributed by atoms with Crippen LogP contribution in [-0.4, -0.2) is 94.3 Å². The number of hydrogen-bond donors (Lipinski definition) is 11. The zero-order valence-corrected chi connectivity index (χ0v) is 23.4. The van der Waals surface area contributed by atoms with Gasteiger partial charge in [-0.25, -0.2) is 4.79 Å². The van der Waals surface area contributed by atoms with Crippen LogP contribution in [0.25, 0.3) is 0 Å². The summed E-state index contributed by atoms with van der Waals surface area (Å²) in [4.78, 5) is 58.5. The molecule has 1 aromatic rings. The lowest BCUT2D eigenvalue weighted by Crippen LogP contribution is -2.58. The Morgan fingerprint density at radius 2 is 1.31 bits per heavy atom. The number of aromatic hydroxyl groups is 1. The number of hydrogen-bond acceptors (Lipinski definition) is 9. The number of carbonyl (C=O) groups excluding carboxylic acids is 3. The number of aliphatic hydroxyl groups excluding tert-OH is 1. The van der Waals surface area contributed by atoms with Crippen LogP contribution in [-0.2, 0) is 25.6 Å². The number of carboxylic acid groups (broad SMARTS) is 1. The van der Waals surface area contributed by atoms with Gasteiger partial charge in [0.1, 0.15) is 17.8 Å². The number of aliphatic hydroxyl groups is 1. The van der Waals surface area contributed by atoms with E-state index in [4.69, 9.17) is 28.7 Å². The highest BCUT2D eigenvalue weighted by molar-refractivity contribution is 5.94. The van der Waals surface area contributed by atoms with Crippen molar-refractivity contribution in [2.75, 3.05) is 13.1 Å². The van der Waals surface area contributed by atoms with Crippen LogP contribution in [0.2, 0.25) is 0 Å². The van der Waals surface area contributed by atoms with Crippen LogP contribution >= 0.6 is 0 Å². The van der Waals surface area contributed by atoms with Crippen LogP contribution in [0.15, 0.2) is 34.3 Å². The van der Waals surface area contributed by atoms with Gasteiger partial charge in [0.15, 0.2) is 18.0 Å². The molecule has 0 spiro atoms. The molecule has 17 nitrogen and oxygen atoms in total. The molecule has 3 amide bonds. The molecule has 234 valence electrons. The molecule has 0 aromatic heterocycles. The molecule has 17 heteroatoms. The van der Waals surface area contributed by atoms with Crippen LogP contribution in [0.5, 0.6) is 5.75 Å². The van der Waals surface area contributed by atoms with Gasteiger partial charge in [0.05, 0.1) is 12.1 Å². The normalized spacial score (nSPS) is 14.3. The molecule has 0 radical (unpaired) electrons. The number of guanidine groups is 2. The summed E-state index contributed by atoms with van der Waals surface area (Å²) in [6, 6.07) is 0.647. The van der Waals surface area contributed by atoms with E-state index in [1.807, 2.05) is 0 Å². The number of nitrogens with zero attached hydrogens (tertiary/aromatic N) is 2. The summed E-state index contributed by atoms with van der Waals surface area (Å²) in [7, 11) is 0. The second kappa shape index (κ2) is 17.9. The van der Waals surface area contributed by atoms with Crippen LogP contribution in [0.3, 0.4) is 0 Å². The number of carbonyl (C=O) groups is 4. The van der Waals surface area contributed by atoms with Gasteiger partial charge in [0.2, 0.25) is 17.7 Å². The van der Waals surface area contributed by atoms with Crippen molar-refractivity contribution in [3.05, 3.63) is 29.8 Å². The van der Waals surface area contributed by atoms with E-state index in [1.165, 1.54) is 31.2 Å². The molecule has 42 heavy (non-hydrogen) atoms. The topological polar surface area (TPSA) is 320 Å². The molecule has 5 atom stereocenters. The van der Waals surface area contributed by atoms with E-state index in [9.17, 15) is 34.5 Å². The number of aliphatic imine (C=N–C) groups is 2. The summed E-state index contributed by atoms with van der Waals surface area (Å²) in [5, 5.41) is 36.1. The molecule has 16 N–H and O–H groups in total. The monoisotopic (exact) mass is 594 g/mol. The molecule has 0 saturated heterocycles. The first kappa shape index (κ1) is 35.4. The number of aliphatic carboxylic acids is 1. The van der Waals surface area contributed by atoms with E-state index in [-0.39, 0.29) is 56.4 Å². The fourth-order valence-corrected chi connectivity index (χ4v) is 3.69. The van der Waals surface area contributed by atoms with Crippen LogP contribution < -0.4 is 44.6 Å². The number of nitrogens with one attached hydrogen (secondary N) is 3. The van der Waals surface area contributed by atoms with Crippen molar-refractivity contribution in [3.8, 4) is 5.75 Å². The summed E-state index contributed by atoms with van der Waals surface area (Å²) >= 11 is 0. The van der Waals surface area contributed by atoms with Gasteiger partial charge in [-0.1, -0.05) is 12.1 Å². The standard InChI is InChI=1S/C25H42N10O7/c1-13(36)19(23(41)42)35-22(40)18(12-14-6-8-15(37)9-7-14)34-21(39)17(5-3-11-32-25(29)30)33-20(38)16(26)4-2-10-31-24(27)28/h6-9,13,16-19,36-37H,2-5,10-12,26H2,1H3,(H,33,38)(H,34,39)(H,35,40)(H,41,42)(H4,27,28,31)(H4,29,30,32). The predicted molar refractivity (Wildman–Crippen MR) is 155 cm³/mol. The number of carboxylic acids is 1. The van der Waals surface area contributed by atoms with Crippen LogP contribution in [0, 0.1) is 0 Å². The predicted octanol–water partition coefficient (Wildman–Crippen LogP) is -3.71. The van der Waals surface area contributed by atoms with E-state index < -0.39 is 54.0 Å². The number of amides is 3. The Kier molecular flexibility index (Phi) is 15.1. The van der Waals surface area contributed by atoms with Gasteiger partial charge < -0.3 is 59.9 Å². The minimum atomic E-state index is -1.65. The van der Waals surface area contributed by atoms with Crippen molar-refractivity contribution in [3.63, 3.8) is 0 Å². The number of nitrogens with two attached hydrogens (primary N) is 5. The molecule has 0 fully saturated rings. The highest BCUT2D eigenvalue weighted by atomic mass is 16.4. The molecular weight excluding hydrogens is 552 g/mol. The number of phenols is 1. The third kappa shape index (κ3) is 13.6. The van der Waals surface area contributed by atoms with Crippen molar-refractivity contribution in [1.29, 1.82) is 0 Å². The van der Waals surface area contributed by atoms with Crippen molar-refractivity contribution in [2.45, 2.75) is 69.3 Å². The third-order valence-corrected chi connectivity index (χ3v) is 5.94. The molecule has 0 bridgehead atoms. The Hall–Kier alpha value is -4.64. The van der Waals surface area contributed by atoms with E-state index in [1.54, 1.807) is 0 Å². The second-order valence-corrected chi connectivity index (χ2v) is 9.56. The molecule has 0 heterocycles. The third-order valence-electron chi connectivity index (χ3n) is 5.94. The first-order chi connectivity index (χ1) is 19.7. The lowest BCUT2D eigenvalue weighted by atomic mass is 10.0. The molecule has 0 saturated carbocycles. The van der Waals surface area contributed by atoms with Gasteiger partial charge in [-0.3, -0.25) is 24.4 Å². The summed E-state index contributed by atoms with van der Waals surface area (Å²) < 4.78 is 0. The minimum Gasteiger partial charge on any atom is -0.508 e. The van der Waals surface area contributed by atoms with Gasteiger partial charge in [-0.2, -0.15) is 0 Å². The van der Waals surface area contributed by atoms with Crippen molar-refractivity contribution in [2.24, 2.45) is 38.7 Å². The van der Waals surface area contributed by atoms with Gasteiger partial charge >= 0.3 is 5.97 Å². The fourth-order valence-electron chi connectivity index (χ4n) is 3.69. The summed E-state index contributed by atoms with van der Waals surface area (Å²) in [6.45, 7) is 1.59. The Morgan fingerprint density at radius 1 is 0.810 bits per heavy atom. The average molecular weight is 595 g/mol. The fraction of sp³-hybridized carbons (Fsp3) is 0.520. The zero-order valence-electron chi connectivity index (χ0n) is 23.4. The second-order valence-electron chi connectivity index (χ2n) is 9.56. The number of rotatable bonds is 18. The van der Waals surface area contributed by atoms with E-state index >= 15 is 0 Å². The quantitative estimate of drug-likeness (QED) is 0.0444. The maximum Gasteiger partial charge on any atom is 0.328 e. The zero-order chi connectivity index (χ0) is 31.8. The van der Waals surface area contributed by atoms with Gasteiger partial charge in [0, 0.05) is 19.5 Å². The average Bonchev–Trinajstić information content (AvgIpc) is 2.91. The number of phenolic OH excluding ortho intramolecular Hbond substituents is 1. The van der Waals surface area contributed by atoms with E-state index in [0.717, 1.165) is 0 Å². The Bertz CT molecular complexity index is 1100. The Morgan fingerprint density at radius 3 is 1.81 bits per heavy atom. The Balaban J connectivity index is 3.14. The van der Waals surface area contributed by atoms with Gasteiger partial charge in [-0.15, -0.1) is 0 Å². The maximum absolute atomic E-state index is 13.4. The summed E-state index contributed by atoms with van der Waals surface area (Å²) in [6.07, 6.45) is -0.596. The van der Waals surface area contributed by atoms with Crippen molar-refractivity contribution >= 4 is 35.6 Å². The molecule has 5 unspecified atom stereocenters. The largest absolute Gasteiger partial charge is 0.508 e. The molecule has 0 aliphatic rings. The van der Waals surface area contributed by atoms with Gasteiger partial charge in [-0.05, 0) is 50.3 Å². The molecule has 0 aliphatic heterocycles. The molecular formula is C25H42N10O7. The van der Waals surface area contributed by atoms with E-state index in [0.29, 0.717) is 12.0 Å². The molecule has 1 rings (SSSR count). The molecule has 1 aromatic carbocycles. The number of benzene rings is 1. The van der Waals surface area contributed by atoms with Crippen LogP contribution in [0.1, 0.15) is 38.2 Å². The highest BCUT2D eigenvalue weighted by Gasteiger charge is 2.32. The lowest BCUT2D eigenvalue weighted by molar-refractivity contribution is -0.145. The Labute approximate surface area is 243 Å². The first-order valence-electron chi connectivity index (χ1n) is 13.2. The van der Waals surface area contributed by atoms with Crippen molar-refractivity contribution < 1.29 is 34.5 Å². The van der Waals surface area contributed by atoms with E-state index in [2.05, 4.69) is 25.9 Å². The smallest absolute Gasteiger partial charge is 0.328 e. The lowest BCUT2D eigenvalue weighted by Gasteiger charge is -2.26. The van der Waals surface area contributed by atoms with Gasteiger partial charge in [0.25, 0.3) is 0 Å². The maximum atomic E-state index is 13.4. The highest BCUT2D eigenvalue weighted by Crippen LogP contribution is 2.12. The summed E-state index contributed by atoms with van der Waals surface area (Å²) in [5.41, 5.74) is 27.8. The van der Waals surface area contributed by atoms with Crippen LogP contribution in [0.4, 0.5) is 0 Å².